The van der Waals surface area contributed by atoms with Crippen LogP contribution in [0.2, 0.25) is 0 Å². The van der Waals surface area contributed by atoms with Gasteiger partial charge in [-0.15, -0.1) is 0 Å². The molecular weight excluding hydrogens is 286 g/mol. The quantitative estimate of drug-likeness (QED) is 0.689. The zero-order chi connectivity index (χ0) is 15.4. The van der Waals surface area contributed by atoms with Crippen LogP contribution < -0.4 is 4.74 Å². The summed E-state index contributed by atoms with van der Waals surface area (Å²) >= 11 is 0. The monoisotopic (exact) mass is 300 g/mol. The fourth-order valence-electron chi connectivity index (χ4n) is 1.77. The van der Waals surface area contributed by atoms with Gasteiger partial charge in [0.25, 0.3) is 0 Å². The molecule has 0 aliphatic heterocycles. The van der Waals surface area contributed by atoms with Crippen molar-refractivity contribution in [2.45, 2.75) is 38.0 Å². The van der Waals surface area contributed by atoms with Gasteiger partial charge in [0.15, 0.2) is 6.61 Å². The van der Waals surface area contributed by atoms with Gasteiger partial charge in [0.05, 0.1) is 5.92 Å². The van der Waals surface area contributed by atoms with E-state index < -0.39 is 24.9 Å². The van der Waals surface area contributed by atoms with Gasteiger partial charge in [-0.25, -0.2) is 0 Å². The van der Waals surface area contributed by atoms with Crippen LogP contribution in [-0.2, 0) is 0 Å². The van der Waals surface area contributed by atoms with Gasteiger partial charge in [0, 0.05) is 0 Å². The summed E-state index contributed by atoms with van der Waals surface area (Å²) in [4.78, 5) is 0. The first-order valence-electron chi connectivity index (χ1n) is 5.99. The van der Waals surface area contributed by atoms with Crippen LogP contribution in [0.4, 0.5) is 26.3 Å². The van der Waals surface area contributed by atoms with Gasteiger partial charge in [0.2, 0.25) is 0 Å². The highest BCUT2D eigenvalue weighted by Gasteiger charge is 2.39. The topological polar surface area (TPSA) is 9.23 Å². The van der Waals surface area contributed by atoms with Crippen molar-refractivity contribution in [2.24, 2.45) is 0 Å². The van der Waals surface area contributed by atoms with E-state index in [1.54, 1.807) is 6.92 Å². The first-order chi connectivity index (χ1) is 9.13. The maximum atomic E-state index is 12.8. The highest BCUT2D eigenvalue weighted by molar-refractivity contribution is 5.30. The number of ether oxygens (including phenoxy) is 1. The van der Waals surface area contributed by atoms with Crippen LogP contribution in [0.1, 0.15) is 31.2 Å². The van der Waals surface area contributed by atoms with Gasteiger partial charge < -0.3 is 4.74 Å². The molecule has 7 heteroatoms. The van der Waals surface area contributed by atoms with Crippen LogP contribution in [0, 0.1) is 0 Å². The molecule has 0 amide bonds. The van der Waals surface area contributed by atoms with Crippen molar-refractivity contribution in [2.75, 3.05) is 6.61 Å². The second-order valence-corrected chi connectivity index (χ2v) is 4.36. The van der Waals surface area contributed by atoms with Crippen LogP contribution in [0.3, 0.4) is 0 Å². The van der Waals surface area contributed by atoms with Crippen LogP contribution in [0.15, 0.2) is 24.3 Å². The molecule has 0 saturated carbocycles. The first kappa shape index (κ1) is 16.7. The molecule has 1 aromatic carbocycles. The Morgan fingerprint density at radius 2 is 1.55 bits per heavy atom. The Balaban J connectivity index is 2.78. The third-order valence-corrected chi connectivity index (χ3v) is 2.66. The van der Waals surface area contributed by atoms with E-state index in [0.717, 1.165) is 24.3 Å². The van der Waals surface area contributed by atoms with E-state index in [-0.39, 0.29) is 17.7 Å². The number of hydrogen-bond acceptors (Lipinski definition) is 1. The molecule has 114 valence electrons. The van der Waals surface area contributed by atoms with Crippen molar-refractivity contribution >= 4 is 0 Å². The second-order valence-electron chi connectivity index (χ2n) is 4.36. The van der Waals surface area contributed by atoms with Gasteiger partial charge in [-0.1, -0.05) is 25.5 Å². The molecule has 1 atom stereocenters. The smallest absolute Gasteiger partial charge is 0.422 e. The van der Waals surface area contributed by atoms with E-state index in [0.29, 0.717) is 6.42 Å². The second kappa shape index (κ2) is 6.37. The Morgan fingerprint density at radius 1 is 1.00 bits per heavy atom. The minimum absolute atomic E-state index is 0.0266. The summed E-state index contributed by atoms with van der Waals surface area (Å²) in [5.41, 5.74) is 0.0266. The summed E-state index contributed by atoms with van der Waals surface area (Å²) in [6, 6.07) is 4.55. The Bertz CT molecular complexity index is 406. The summed E-state index contributed by atoms with van der Waals surface area (Å²) in [7, 11) is 0. The van der Waals surface area contributed by atoms with Crippen molar-refractivity contribution in [1.82, 2.24) is 0 Å². The lowest BCUT2D eigenvalue weighted by atomic mass is 9.94. The standard InChI is InChI=1S/C13H14F6O/c1-2-3-11(13(17,18)19)9-4-6-10(7-5-9)20-8-12(14,15)16/h4-7,11H,2-3,8H2,1H3. The highest BCUT2D eigenvalue weighted by Crippen LogP contribution is 2.38. The van der Waals surface area contributed by atoms with E-state index in [2.05, 4.69) is 4.74 Å². The predicted molar refractivity (Wildman–Crippen MR) is 61.7 cm³/mol. The van der Waals surface area contributed by atoms with Crippen molar-refractivity contribution in [1.29, 1.82) is 0 Å². The number of benzene rings is 1. The molecule has 0 aliphatic carbocycles. The maximum absolute atomic E-state index is 12.8. The van der Waals surface area contributed by atoms with Crippen molar-refractivity contribution in [3.63, 3.8) is 0 Å². The van der Waals surface area contributed by atoms with Crippen LogP contribution in [0.5, 0.6) is 5.75 Å². The van der Waals surface area contributed by atoms with Gasteiger partial charge >= 0.3 is 12.4 Å². The van der Waals surface area contributed by atoms with E-state index in [1.807, 2.05) is 0 Å². The molecule has 0 spiro atoms. The van der Waals surface area contributed by atoms with Crippen LogP contribution in [-0.4, -0.2) is 19.0 Å². The SMILES string of the molecule is CCCC(c1ccc(OCC(F)(F)F)cc1)C(F)(F)F. The molecular formula is C13H14F6O. The Morgan fingerprint density at radius 3 is 1.95 bits per heavy atom. The van der Waals surface area contributed by atoms with Gasteiger partial charge in [-0.2, -0.15) is 26.3 Å². The van der Waals surface area contributed by atoms with E-state index in [1.165, 1.54) is 0 Å². The van der Waals surface area contributed by atoms with Crippen molar-refractivity contribution in [3.05, 3.63) is 29.8 Å². The lowest BCUT2D eigenvalue weighted by Crippen LogP contribution is -2.21. The Hall–Kier alpha value is -1.40. The van der Waals surface area contributed by atoms with Gasteiger partial charge in [0.1, 0.15) is 5.75 Å². The predicted octanol–water partition coefficient (Wildman–Crippen LogP) is 5.07. The zero-order valence-corrected chi connectivity index (χ0v) is 10.7. The molecule has 0 bridgehead atoms. The lowest BCUT2D eigenvalue weighted by molar-refractivity contribution is -0.153. The molecule has 0 aromatic heterocycles. The summed E-state index contributed by atoms with van der Waals surface area (Å²) < 4.78 is 78.7. The van der Waals surface area contributed by atoms with E-state index in [9.17, 15) is 26.3 Å². The molecule has 1 aromatic rings. The Labute approximate surface area is 112 Å². The average molecular weight is 300 g/mol. The molecule has 0 saturated heterocycles. The molecule has 0 N–H and O–H groups in total. The number of rotatable bonds is 5. The van der Waals surface area contributed by atoms with Gasteiger partial charge in [-0.3, -0.25) is 0 Å². The average Bonchev–Trinajstić information content (AvgIpc) is 2.32. The Kier molecular flexibility index (Phi) is 5.30. The fraction of sp³-hybridized carbons (Fsp3) is 0.538. The van der Waals surface area contributed by atoms with E-state index in [4.69, 9.17) is 0 Å². The van der Waals surface area contributed by atoms with Crippen molar-refractivity contribution in [3.8, 4) is 5.75 Å². The molecule has 1 nitrogen and oxygen atoms in total. The third-order valence-electron chi connectivity index (χ3n) is 2.66. The summed E-state index contributed by atoms with van der Waals surface area (Å²) in [5, 5.41) is 0. The molecule has 0 aliphatic rings. The normalized spacial score (nSPS) is 14.2. The number of halogens is 6. The van der Waals surface area contributed by atoms with E-state index >= 15 is 0 Å². The van der Waals surface area contributed by atoms with Crippen molar-refractivity contribution < 1.29 is 31.1 Å². The largest absolute Gasteiger partial charge is 0.484 e. The molecule has 0 fully saturated rings. The summed E-state index contributed by atoms with van der Waals surface area (Å²) in [6.45, 7) is 0.170. The first-order valence-corrected chi connectivity index (χ1v) is 5.99. The highest BCUT2D eigenvalue weighted by atomic mass is 19.4. The minimum Gasteiger partial charge on any atom is -0.484 e. The molecule has 1 rings (SSSR count). The molecule has 20 heavy (non-hydrogen) atoms. The summed E-state index contributed by atoms with van der Waals surface area (Å²) in [6.07, 6.45) is -8.55. The zero-order valence-electron chi connectivity index (χ0n) is 10.7. The van der Waals surface area contributed by atoms with Gasteiger partial charge in [-0.05, 0) is 24.1 Å². The molecule has 1 unspecified atom stereocenters. The number of alkyl halides is 6. The minimum atomic E-state index is -4.48. The fourth-order valence-corrected chi connectivity index (χ4v) is 1.77. The third kappa shape index (κ3) is 5.30. The van der Waals surface area contributed by atoms with Crippen LogP contribution >= 0.6 is 0 Å². The number of hydrogen-bond donors (Lipinski definition) is 0. The lowest BCUT2D eigenvalue weighted by Gasteiger charge is -2.20. The maximum Gasteiger partial charge on any atom is 0.422 e. The summed E-state index contributed by atoms with van der Waals surface area (Å²) in [5.74, 6) is -1.72. The van der Waals surface area contributed by atoms with Crippen LogP contribution in [0.25, 0.3) is 0 Å². The molecule has 0 heterocycles. The molecule has 0 radical (unpaired) electrons.